The SMILES string of the molecule is CC(C)(C)OC(=O)N1CC(CCCO)CC1(C)C. The molecule has 106 valence electrons. The van der Waals surface area contributed by atoms with Gasteiger partial charge in [0.05, 0.1) is 0 Å². The van der Waals surface area contributed by atoms with Gasteiger partial charge in [-0.1, -0.05) is 0 Å². The van der Waals surface area contributed by atoms with Gasteiger partial charge >= 0.3 is 6.09 Å². The van der Waals surface area contributed by atoms with Crippen molar-refractivity contribution in [3.63, 3.8) is 0 Å². The average molecular weight is 257 g/mol. The maximum atomic E-state index is 12.2. The smallest absolute Gasteiger partial charge is 0.410 e. The van der Waals surface area contributed by atoms with Crippen LogP contribution >= 0.6 is 0 Å². The Bertz CT molecular complexity index is 294. The molecule has 0 bridgehead atoms. The van der Waals surface area contributed by atoms with Crippen LogP contribution < -0.4 is 0 Å². The monoisotopic (exact) mass is 257 g/mol. The number of nitrogens with zero attached hydrogens (tertiary/aromatic N) is 1. The lowest BCUT2D eigenvalue weighted by molar-refractivity contribution is 0.0131. The third kappa shape index (κ3) is 4.16. The molecule has 4 nitrogen and oxygen atoms in total. The van der Waals surface area contributed by atoms with Crippen LogP contribution in [-0.4, -0.2) is 40.4 Å². The topological polar surface area (TPSA) is 49.8 Å². The van der Waals surface area contributed by atoms with E-state index in [1.807, 2.05) is 25.7 Å². The molecule has 0 aromatic rings. The van der Waals surface area contributed by atoms with Crippen molar-refractivity contribution < 1.29 is 14.6 Å². The number of carbonyl (C=O) groups is 1. The molecule has 4 heteroatoms. The standard InChI is InChI=1S/C14H27NO3/c1-13(2,3)18-12(17)15-10-11(7-6-8-16)9-14(15,4)5/h11,16H,6-10H2,1-5H3. The summed E-state index contributed by atoms with van der Waals surface area (Å²) in [5.74, 6) is 0.472. The molecule has 1 fully saturated rings. The first-order valence-electron chi connectivity index (χ1n) is 6.77. The number of ether oxygens (including phenoxy) is 1. The zero-order valence-electron chi connectivity index (χ0n) is 12.3. The number of likely N-dealkylation sites (tertiary alicyclic amines) is 1. The molecular weight excluding hydrogens is 230 g/mol. The van der Waals surface area contributed by atoms with E-state index in [2.05, 4.69) is 13.8 Å². The fourth-order valence-electron chi connectivity index (χ4n) is 2.60. The Labute approximate surface area is 110 Å². The molecule has 0 spiro atoms. The van der Waals surface area contributed by atoms with Gasteiger partial charge in [-0.25, -0.2) is 4.79 Å². The van der Waals surface area contributed by atoms with Gasteiger partial charge in [0.25, 0.3) is 0 Å². The van der Waals surface area contributed by atoms with Crippen molar-refractivity contribution in [1.82, 2.24) is 4.90 Å². The summed E-state index contributed by atoms with van der Waals surface area (Å²) >= 11 is 0. The predicted molar refractivity (Wildman–Crippen MR) is 71.4 cm³/mol. The number of carbonyl (C=O) groups excluding carboxylic acids is 1. The molecule has 1 rings (SSSR count). The van der Waals surface area contributed by atoms with E-state index < -0.39 is 5.60 Å². The lowest BCUT2D eigenvalue weighted by atomic mass is 9.93. The van der Waals surface area contributed by atoms with Gasteiger partial charge in [-0.3, -0.25) is 0 Å². The number of amides is 1. The van der Waals surface area contributed by atoms with Crippen molar-refractivity contribution in [2.24, 2.45) is 5.92 Å². The predicted octanol–water partition coefficient (Wildman–Crippen LogP) is 2.79. The molecule has 1 aliphatic heterocycles. The highest BCUT2D eigenvalue weighted by atomic mass is 16.6. The molecule has 1 unspecified atom stereocenters. The average Bonchev–Trinajstić information content (AvgIpc) is 2.48. The van der Waals surface area contributed by atoms with Crippen LogP contribution in [0.4, 0.5) is 4.79 Å². The van der Waals surface area contributed by atoms with Gasteiger partial charge in [-0.2, -0.15) is 0 Å². The van der Waals surface area contributed by atoms with Crippen molar-refractivity contribution in [2.75, 3.05) is 13.2 Å². The minimum absolute atomic E-state index is 0.150. The molecule has 1 amide bonds. The summed E-state index contributed by atoms with van der Waals surface area (Å²) in [4.78, 5) is 14.0. The van der Waals surface area contributed by atoms with E-state index >= 15 is 0 Å². The molecule has 1 heterocycles. The Balaban J connectivity index is 2.62. The van der Waals surface area contributed by atoms with Crippen molar-refractivity contribution in [1.29, 1.82) is 0 Å². The second-order valence-corrected chi connectivity index (χ2v) is 6.84. The maximum Gasteiger partial charge on any atom is 0.410 e. The van der Waals surface area contributed by atoms with Gasteiger partial charge in [-0.05, 0) is 59.8 Å². The summed E-state index contributed by atoms with van der Waals surface area (Å²) in [6.45, 7) is 10.8. The molecule has 0 aromatic heterocycles. The lowest BCUT2D eigenvalue weighted by Crippen LogP contribution is -2.45. The van der Waals surface area contributed by atoms with Crippen LogP contribution in [0.2, 0.25) is 0 Å². The van der Waals surface area contributed by atoms with Crippen LogP contribution in [0.25, 0.3) is 0 Å². The molecule has 0 aromatic carbocycles. The molecule has 0 aliphatic carbocycles. The van der Waals surface area contributed by atoms with Crippen molar-refractivity contribution in [3.8, 4) is 0 Å². The largest absolute Gasteiger partial charge is 0.444 e. The van der Waals surface area contributed by atoms with Crippen LogP contribution in [-0.2, 0) is 4.74 Å². The second-order valence-electron chi connectivity index (χ2n) is 6.84. The zero-order chi connectivity index (χ0) is 14.0. The van der Waals surface area contributed by atoms with Gasteiger partial charge < -0.3 is 14.7 Å². The first-order chi connectivity index (χ1) is 8.15. The minimum Gasteiger partial charge on any atom is -0.444 e. The van der Waals surface area contributed by atoms with Crippen molar-refractivity contribution in [3.05, 3.63) is 0 Å². The molecule has 0 radical (unpaired) electrons. The highest BCUT2D eigenvalue weighted by molar-refractivity contribution is 5.69. The number of hydrogen-bond donors (Lipinski definition) is 1. The van der Waals surface area contributed by atoms with E-state index in [-0.39, 0.29) is 18.2 Å². The van der Waals surface area contributed by atoms with Crippen LogP contribution in [0.5, 0.6) is 0 Å². The van der Waals surface area contributed by atoms with E-state index in [4.69, 9.17) is 9.84 Å². The van der Waals surface area contributed by atoms with E-state index in [1.165, 1.54) is 0 Å². The fourth-order valence-corrected chi connectivity index (χ4v) is 2.60. The first-order valence-corrected chi connectivity index (χ1v) is 6.77. The fraction of sp³-hybridized carbons (Fsp3) is 0.929. The van der Waals surface area contributed by atoms with E-state index in [9.17, 15) is 4.79 Å². The number of rotatable bonds is 3. The molecule has 1 N–H and O–H groups in total. The Morgan fingerprint density at radius 2 is 2.06 bits per heavy atom. The zero-order valence-corrected chi connectivity index (χ0v) is 12.3. The molecular formula is C14H27NO3. The Morgan fingerprint density at radius 3 is 2.56 bits per heavy atom. The summed E-state index contributed by atoms with van der Waals surface area (Å²) in [6, 6.07) is 0. The van der Waals surface area contributed by atoms with Gasteiger partial charge in [-0.15, -0.1) is 0 Å². The second kappa shape index (κ2) is 5.47. The Morgan fingerprint density at radius 1 is 1.44 bits per heavy atom. The number of aliphatic hydroxyl groups is 1. The molecule has 1 aliphatic rings. The van der Waals surface area contributed by atoms with Gasteiger partial charge in [0.15, 0.2) is 0 Å². The molecule has 0 saturated carbocycles. The highest BCUT2D eigenvalue weighted by Gasteiger charge is 2.42. The summed E-state index contributed by atoms with van der Waals surface area (Å²) in [5.41, 5.74) is -0.598. The normalized spacial score (nSPS) is 23.2. The Kier molecular flexibility index (Phi) is 4.65. The molecule has 18 heavy (non-hydrogen) atoms. The summed E-state index contributed by atoms with van der Waals surface area (Å²) in [7, 11) is 0. The Hall–Kier alpha value is -0.770. The number of hydrogen-bond acceptors (Lipinski definition) is 3. The van der Waals surface area contributed by atoms with Crippen molar-refractivity contribution in [2.45, 2.75) is 65.0 Å². The molecule has 1 saturated heterocycles. The van der Waals surface area contributed by atoms with Gasteiger partial charge in [0, 0.05) is 18.7 Å². The van der Waals surface area contributed by atoms with E-state index in [0.717, 1.165) is 25.8 Å². The summed E-state index contributed by atoms with van der Waals surface area (Å²) in [5, 5.41) is 8.88. The lowest BCUT2D eigenvalue weighted by Gasteiger charge is -2.33. The van der Waals surface area contributed by atoms with E-state index in [0.29, 0.717) is 5.92 Å². The quantitative estimate of drug-likeness (QED) is 0.845. The maximum absolute atomic E-state index is 12.2. The van der Waals surface area contributed by atoms with Gasteiger partial charge in [0.2, 0.25) is 0 Å². The number of aliphatic hydroxyl groups excluding tert-OH is 1. The van der Waals surface area contributed by atoms with Crippen molar-refractivity contribution >= 4 is 6.09 Å². The van der Waals surface area contributed by atoms with Crippen LogP contribution in [0.3, 0.4) is 0 Å². The highest BCUT2D eigenvalue weighted by Crippen LogP contribution is 2.35. The van der Waals surface area contributed by atoms with E-state index in [1.54, 1.807) is 0 Å². The third-order valence-corrected chi connectivity index (χ3v) is 3.34. The minimum atomic E-state index is -0.448. The first kappa shape index (κ1) is 15.3. The summed E-state index contributed by atoms with van der Waals surface area (Å²) < 4.78 is 5.45. The van der Waals surface area contributed by atoms with Crippen LogP contribution in [0, 0.1) is 5.92 Å². The molecule has 1 atom stereocenters. The van der Waals surface area contributed by atoms with Crippen LogP contribution in [0.1, 0.15) is 53.9 Å². The van der Waals surface area contributed by atoms with Crippen LogP contribution in [0.15, 0.2) is 0 Å². The third-order valence-electron chi connectivity index (χ3n) is 3.34. The van der Waals surface area contributed by atoms with Gasteiger partial charge in [0.1, 0.15) is 5.60 Å². The summed E-state index contributed by atoms with van der Waals surface area (Å²) in [6.07, 6.45) is 2.54.